The molecule has 0 aromatic carbocycles. The zero-order valence-corrected chi connectivity index (χ0v) is 14.9. The van der Waals surface area contributed by atoms with E-state index in [0.717, 1.165) is 19.3 Å². The molecule has 0 fully saturated rings. The smallest absolute Gasteiger partial charge is 0.334 e. The zero-order valence-electron chi connectivity index (χ0n) is 13.6. The summed E-state index contributed by atoms with van der Waals surface area (Å²) in [6.45, 7) is 8.09. The number of rotatable bonds is 6. The monoisotopic (exact) mass is 349 g/mol. The Morgan fingerprint density at radius 2 is 0.500 bits per heavy atom. The number of ketones is 6. The van der Waals surface area contributed by atoms with Crippen molar-refractivity contribution in [3.8, 4) is 0 Å². The van der Waals surface area contributed by atoms with Gasteiger partial charge in [0.2, 0.25) is 0 Å². The van der Waals surface area contributed by atoms with Crippen LogP contribution in [0.3, 0.4) is 0 Å². The third-order valence-electron chi connectivity index (χ3n) is 1.22. The van der Waals surface area contributed by atoms with Crippen molar-refractivity contribution in [3.05, 3.63) is 19.3 Å². The van der Waals surface area contributed by atoms with Crippen LogP contribution in [0.25, 0.3) is 0 Å². The van der Waals surface area contributed by atoms with Crippen molar-refractivity contribution >= 4 is 34.7 Å². The van der Waals surface area contributed by atoms with Gasteiger partial charge in [-0.05, 0) is 41.5 Å². The van der Waals surface area contributed by atoms with Gasteiger partial charge in [0.1, 0.15) is 0 Å². The van der Waals surface area contributed by atoms with Crippen LogP contribution in [0, 0.1) is 19.3 Å². The predicted octanol–water partition coefficient (Wildman–Crippen LogP) is 1.10. The van der Waals surface area contributed by atoms with Gasteiger partial charge in [-0.25, -0.2) is 0 Å². The number of hydrogen-bond donors (Lipinski definition) is 0. The zero-order chi connectivity index (χ0) is 17.6. The summed E-state index contributed by atoms with van der Waals surface area (Å²) in [7, 11) is 0. The minimum atomic E-state index is -0.187. The van der Waals surface area contributed by atoms with E-state index in [0.29, 0.717) is 0 Å². The van der Waals surface area contributed by atoms with Gasteiger partial charge in [-0.15, -0.1) is 0 Å². The molecule has 0 aromatic rings. The molecule has 123 valence electrons. The summed E-state index contributed by atoms with van der Waals surface area (Å²) >= 11 is 0. The second kappa shape index (κ2) is 17.2. The van der Waals surface area contributed by atoms with E-state index in [1.165, 1.54) is 41.5 Å². The molecule has 1 radical (unpaired) electrons. The molecule has 22 heavy (non-hydrogen) atoms. The summed E-state index contributed by atoms with van der Waals surface area (Å²) in [6.07, 6.45) is 3.17. The van der Waals surface area contributed by atoms with E-state index in [4.69, 9.17) is 0 Å². The van der Waals surface area contributed by atoms with Gasteiger partial charge in [-0.1, -0.05) is 0 Å². The summed E-state index contributed by atoms with van der Waals surface area (Å²) in [4.78, 5) is 59.9. The molecular weight excluding hydrogens is 328 g/mol. The van der Waals surface area contributed by atoms with E-state index in [1.807, 2.05) is 0 Å². The average Bonchev–Trinajstić information content (AvgIpc) is 2.10. The Bertz CT molecular complexity index is 314. The quantitative estimate of drug-likeness (QED) is 0.526. The molecule has 6 nitrogen and oxygen atoms in total. The second-order valence-electron chi connectivity index (χ2n) is 4.10. The SMILES string of the molecule is CC(=O)[CH-]C(C)=O.CC(=O)[CH-]C(C)=O.CC(=O)[CH-]C(C)=O.[Cr+3]. The van der Waals surface area contributed by atoms with Gasteiger partial charge >= 0.3 is 17.4 Å². The van der Waals surface area contributed by atoms with Crippen LogP contribution in [0.4, 0.5) is 0 Å². The van der Waals surface area contributed by atoms with Gasteiger partial charge in [-0.3, -0.25) is 19.3 Å². The molecule has 0 aliphatic heterocycles. The molecule has 0 saturated heterocycles. The van der Waals surface area contributed by atoms with Crippen LogP contribution in [0.2, 0.25) is 0 Å². The van der Waals surface area contributed by atoms with Gasteiger partial charge in [0.05, 0.1) is 0 Å². The molecule has 0 saturated carbocycles. The van der Waals surface area contributed by atoms with Crippen molar-refractivity contribution in [1.29, 1.82) is 0 Å². The van der Waals surface area contributed by atoms with Gasteiger partial charge in [0, 0.05) is 34.7 Å². The summed E-state index contributed by atoms with van der Waals surface area (Å²) < 4.78 is 0. The Morgan fingerprint density at radius 1 is 0.409 bits per heavy atom. The van der Waals surface area contributed by atoms with Crippen molar-refractivity contribution in [2.24, 2.45) is 0 Å². The van der Waals surface area contributed by atoms with Gasteiger partial charge in [-0.2, -0.15) is 0 Å². The van der Waals surface area contributed by atoms with E-state index < -0.39 is 0 Å². The van der Waals surface area contributed by atoms with Crippen LogP contribution in [-0.2, 0) is 46.1 Å². The van der Waals surface area contributed by atoms with E-state index in [1.54, 1.807) is 0 Å². The molecule has 7 heteroatoms. The molecule has 0 aromatic heterocycles. The first-order valence-corrected chi connectivity index (χ1v) is 5.96. The molecule has 0 amide bonds. The second-order valence-corrected chi connectivity index (χ2v) is 4.10. The van der Waals surface area contributed by atoms with Crippen molar-refractivity contribution in [2.45, 2.75) is 41.5 Å². The van der Waals surface area contributed by atoms with Crippen molar-refractivity contribution in [3.63, 3.8) is 0 Å². The Morgan fingerprint density at radius 3 is 0.500 bits per heavy atom. The minimum absolute atomic E-state index is 0. The minimum Gasteiger partial charge on any atom is -0.334 e. The molecule has 0 aliphatic rings. The first kappa shape index (κ1) is 28.3. The summed E-state index contributed by atoms with van der Waals surface area (Å²) in [5.41, 5.74) is 0. The van der Waals surface area contributed by atoms with Gasteiger partial charge in [0.15, 0.2) is 0 Å². The maximum absolute atomic E-state index is 9.98. The first-order chi connectivity index (χ1) is 9.38. The number of carbonyl (C=O) groups is 6. The van der Waals surface area contributed by atoms with Crippen molar-refractivity contribution in [2.75, 3.05) is 0 Å². The molecular formula is C15H21CrO6. The summed E-state index contributed by atoms with van der Waals surface area (Å²) in [5.74, 6) is -1.12. The van der Waals surface area contributed by atoms with E-state index >= 15 is 0 Å². The van der Waals surface area contributed by atoms with E-state index in [-0.39, 0.29) is 52.1 Å². The largest absolute Gasteiger partial charge is 3.00 e. The Labute approximate surface area is 142 Å². The maximum atomic E-state index is 9.98. The number of hydrogen-bond acceptors (Lipinski definition) is 6. The fraction of sp³-hybridized carbons (Fsp3) is 0.400. The molecule has 0 N–H and O–H groups in total. The third-order valence-corrected chi connectivity index (χ3v) is 1.22. The molecule has 0 heterocycles. The van der Waals surface area contributed by atoms with Gasteiger partial charge < -0.3 is 28.8 Å². The maximum Gasteiger partial charge on any atom is 3.00 e. The molecule has 0 bridgehead atoms. The van der Waals surface area contributed by atoms with Crippen molar-refractivity contribution in [1.82, 2.24) is 0 Å². The topological polar surface area (TPSA) is 102 Å². The van der Waals surface area contributed by atoms with Crippen LogP contribution in [0.5, 0.6) is 0 Å². The molecule has 0 unspecified atom stereocenters. The number of Topliss-reactive ketones (excluding diaryl/α,β-unsaturated/α-hetero) is 6. The van der Waals surface area contributed by atoms with Crippen LogP contribution >= 0.6 is 0 Å². The van der Waals surface area contributed by atoms with Crippen LogP contribution < -0.4 is 0 Å². The van der Waals surface area contributed by atoms with Gasteiger partial charge in [0.25, 0.3) is 0 Å². The Hall–Kier alpha value is -1.84. The fourth-order valence-electron chi connectivity index (χ4n) is 0.859. The van der Waals surface area contributed by atoms with E-state index in [2.05, 4.69) is 0 Å². The predicted molar refractivity (Wildman–Crippen MR) is 77.0 cm³/mol. The summed E-state index contributed by atoms with van der Waals surface area (Å²) in [5, 5.41) is 0. The van der Waals surface area contributed by atoms with Crippen molar-refractivity contribution < 1.29 is 46.1 Å². The Kier molecular flexibility index (Phi) is 22.2. The molecule has 0 rings (SSSR count). The number of carbonyl (C=O) groups excluding carboxylic acids is 6. The van der Waals surface area contributed by atoms with Crippen LogP contribution in [-0.4, -0.2) is 34.7 Å². The molecule has 0 spiro atoms. The molecule has 0 aliphatic carbocycles. The standard InChI is InChI=1S/3C5H7O2.Cr/c3*1-4(6)3-5(2)7;/h3*3H,1-2H3;/q3*-1;+3. The van der Waals surface area contributed by atoms with E-state index in [9.17, 15) is 28.8 Å². The Balaban J connectivity index is -0.000000108. The van der Waals surface area contributed by atoms with Crippen LogP contribution in [0.15, 0.2) is 0 Å². The third kappa shape index (κ3) is 51.8. The fourth-order valence-corrected chi connectivity index (χ4v) is 0.859. The normalized spacial score (nSPS) is 7.36. The molecule has 0 atom stereocenters. The average molecular weight is 349 g/mol. The first-order valence-electron chi connectivity index (χ1n) is 5.96. The van der Waals surface area contributed by atoms with Crippen LogP contribution in [0.1, 0.15) is 41.5 Å². The summed E-state index contributed by atoms with van der Waals surface area (Å²) in [6, 6.07) is 0.